The van der Waals surface area contributed by atoms with Gasteiger partial charge in [0.2, 0.25) is 10.0 Å². The molecule has 2 aromatic rings. The molecule has 3 rings (SSSR count). The maximum atomic E-state index is 12.2. The number of Topliss-reactive ketones (excluding diaryl/α,β-unsaturated/α-hetero) is 1. The van der Waals surface area contributed by atoms with Gasteiger partial charge in [0.25, 0.3) is 0 Å². The van der Waals surface area contributed by atoms with E-state index in [2.05, 4.69) is 5.10 Å². The summed E-state index contributed by atoms with van der Waals surface area (Å²) in [4.78, 5) is 23.4. The van der Waals surface area contributed by atoms with Crippen LogP contribution in [0.3, 0.4) is 0 Å². The largest absolute Gasteiger partial charge is 0.476 e. The smallest absolute Gasteiger partial charge is 0.356 e. The van der Waals surface area contributed by atoms with E-state index in [0.717, 1.165) is 0 Å². The molecule has 120 valence electrons. The van der Waals surface area contributed by atoms with Crippen molar-refractivity contribution in [1.29, 1.82) is 0 Å². The first-order valence-electron chi connectivity index (χ1n) is 6.80. The third-order valence-corrected chi connectivity index (χ3v) is 4.62. The van der Waals surface area contributed by atoms with Gasteiger partial charge >= 0.3 is 5.97 Å². The van der Waals surface area contributed by atoms with Gasteiger partial charge in [-0.05, 0) is 37.1 Å². The third-order valence-electron chi connectivity index (χ3n) is 3.69. The zero-order chi connectivity index (χ0) is 16.8. The third kappa shape index (κ3) is 2.64. The molecule has 1 heterocycles. The predicted octanol–water partition coefficient (Wildman–Crippen LogP) is 0.737. The fourth-order valence-electron chi connectivity index (χ4n) is 2.65. The molecule has 0 bridgehead atoms. The molecule has 0 unspecified atom stereocenters. The fourth-order valence-corrected chi connectivity index (χ4v) is 3.17. The minimum absolute atomic E-state index is 0.0768. The molecule has 0 radical (unpaired) electrons. The second-order valence-electron chi connectivity index (χ2n) is 5.21. The Labute approximate surface area is 131 Å². The van der Waals surface area contributed by atoms with Gasteiger partial charge < -0.3 is 5.11 Å². The first-order chi connectivity index (χ1) is 10.8. The average molecular weight is 335 g/mol. The minimum Gasteiger partial charge on any atom is -0.476 e. The average Bonchev–Trinajstić information content (AvgIpc) is 2.88. The van der Waals surface area contributed by atoms with Crippen LogP contribution < -0.4 is 5.14 Å². The molecule has 1 aromatic carbocycles. The van der Waals surface area contributed by atoms with Crippen molar-refractivity contribution in [2.45, 2.75) is 24.2 Å². The van der Waals surface area contributed by atoms with E-state index < -0.39 is 16.0 Å². The summed E-state index contributed by atoms with van der Waals surface area (Å²) in [5, 5.41) is 18.3. The van der Waals surface area contributed by atoms with Crippen molar-refractivity contribution in [3.05, 3.63) is 41.2 Å². The number of hydrogen-bond acceptors (Lipinski definition) is 5. The Hall–Kier alpha value is -2.52. The number of hydrogen-bond donors (Lipinski definition) is 2. The number of carboxylic acid groups (broad SMARTS) is 1. The number of carboxylic acids is 1. The number of nitrogens with zero attached hydrogens (tertiary/aromatic N) is 2. The number of benzene rings is 1. The first-order valence-corrected chi connectivity index (χ1v) is 8.35. The van der Waals surface area contributed by atoms with Gasteiger partial charge in [0.05, 0.1) is 10.6 Å². The van der Waals surface area contributed by atoms with Crippen molar-refractivity contribution in [3.63, 3.8) is 0 Å². The summed E-state index contributed by atoms with van der Waals surface area (Å²) >= 11 is 0. The van der Waals surface area contributed by atoms with E-state index in [1.807, 2.05) is 0 Å². The van der Waals surface area contributed by atoms with E-state index in [1.54, 1.807) is 0 Å². The molecule has 23 heavy (non-hydrogen) atoms. The molecule has 0 saturated carbocycles. The van der Waals surface area contributed by atoms with Gasteiger partial charge in [0.1, 0.15) is 5.69 Å². The monoisotopic (exact) mass is 335 g/mol. The van der Waals surface area contributed by atoms with Crippen LogP contribution in [0.4, 0.5) is 0 Å². The van der Waals surface area contributed by atoms with Gasteiger partial charge in [-0.1, -0.05) is 0 Å². The number of sulfonamides is 1. The Kier molecular flexibility index (Phi) is 3.53. The molecule has 1 aromatic heterocycles. The summed E-state index contributed by atoms with van der Waals surface area (Å²) in [5.41, 5.74) is 0.918. The molecule has 0 aliphatic heterocycles. The van der Waals surface area contributed by atoms with Crippen molar-refractivity contribution in [1.82, 2.24) is 9.78 Å². The van der Waals surface area contributed by atoms with Crippen LogP contribution in [0.5, 0.6) is 0 Å². The van der Waals surface area contributed by atoms with Crippen LogP contribution in [0.2, 0.25) is 0 Å². The maximum absolute atomic E-state index is 12.2. The van der Waals surface area contributed by atoms with Crippen molar-refractivity contribution < 1.29 is 23.1 Å². The van der Waals surface area contributed by atoms with E-state index in [9.17, 15) is 23.1 Å². The molecule has 1 aliphatic carbocycles. The lowest BCUT2D eigenvalue weighted by Gasteiger charge is -2.13. The number of primary sulfonamides is 1. The van der Waals surface area contributed by atoms with Crippen LogP contribution in [-0.2, 0) is 16.4 Å². The van der Waals surface area contributed by atoms with E-state index in [4.69, 9.17) is 5.14 Å². The summed E-state index contributed by atoms with van der Waals surface area (Å²) in [6.07, 6.45) is 1.38. The van der Waals surface area contributed by atoms with Crippen molar-refractivity contribution >= 4 is 21.8 Å². The summed E-state index contributed by atoms with van der Waals surface area (Å²) in [6.45, 7) is 0. The predicted molar refractivity (Wildman–Crippen MR) is 79.2 cm³/mol. The summed E-state index contributed by atoms with van der Waals surface area (Å²) in [6, 6.07) is 5.43. The molecule has 0 saturated heterocycles. The quantitative estimate of drug-likeness (QED) is 0.850. The highest BCUT2D eigenvalue weighted by Crippen LogP contribution is 2.27. The van der Waals surface area contributed by atoms with E-state index in [0.29, 0.717) is 30.5 Å². The highest BCUT2D eigenvalue weighted by atomic mass is 32.2. The Morgan fingerprint density at radius 1 is 1.22 bits per heavy atom. The second-order valence-corrected chi connectivity index (χ2v) is 6.77. The van der Waals surface area contributed by atoms with Gasteiger partial charge in [0.15, 0.2) is 11.5 Å². The van der Waals surface area contributed by atoms with Crippen molar-refractivity contribution in [3.8, 4) is 5.69 Å². The number of carbonyl (C=O) groups excluding carboxylic acids is 1. The summed E-state index contributed by atoms with van der Waals surface area (Å²) in [7, 11) is -3.83. The lowest BCUT2D eigenvalue weighted by molar-refractivity contribution is 0.0688. The number of fused-ring (bicyclic) bond motifs is 1. The van der Waals surface area contributed by atoms with E-state index in [1.165, 1.54) is 28.9 Å². The van der Waals surface area contributed by atoms with Crippen LogP contribution in [-0.4, -0.2) is 35.1 Å². The normalized spacial score (nSPS) is 14.6. The Morgan fingerprint density at radius 3 is 2.43 bits per heavy atom. The fraction of sp³-hybridized carbons (Fsp3) is 0.214. The van der Waals surface area contributed by atoms with Gasteiger partial charge in [-0.15, -0.1) is 0 Å². The lowest BCUT2D eigenvalue weighted by Crippen LogP contribution is -2.16. The molecule has 0 fully saturated rings. The van der Waals surface area contributed by atoms with E-state index in [-0.39, 0.29) is 22.1 Å². The molecule has 1 aliphatic rings. The van der Waals surface area contributed by atoms with Crippen LogP contribution in [0.25, 0.3) is 5.69 Å². The first kappa shape index (κ1) is 15.4. The number of nitrogens with two attached hydrogens (primary N) is 1. The molecule has 0 amide bonds. The van der Waals surface area contributed by atoms with Crippen LogP contribution >= 0.6 is 0 Å². The van der Waals surface area contributed by atoms with Gasteiger partial charge in [-0.2, -0.15) is 5.10 Å². The Bertz CT molecular complexity index is 913. The van der Waals surface area contributed by atoms with Gasteiger partial charge in [-0.3, -0.25) is 4.79 Å². The molecule has 8 nitrogen and oxygen atoms in total. The SMILES string of the molecule is NS(=O)(=O)c1ccc(-n2nc(C(=O)O)c3c2C(=O)CCC3)cc1. The topological polar surface area (TPSA) is 132 Å². The Morgan fingerprint density at radius 2 is 1.87 bits per heavy atom. The van der Waals surface area contributed by atoms with Gasteiger partial charge in [-0.25, -0.2) is 23.0 Å². The number of rotatable bonds is 3. The zero-order valence-corrected chi connectivity index (χ0v) is 12.7. The van der Waals surface area contributed by atoms with E-state index >= 15 is 0 Å². The number of ketones is 1. The molecule has 0 spiro atoms. The molecule has 0 atom stereocenters. The second kappa shape index (κ2) is 5.28. The van der Waals surface area contributed by atoms with Crippen molar-refractivity contribution in [2.24, 2.45) is 5.14 Å². The minimum atomic E-state index is -3.83. The number of aromatic carboxylic acids is 1. The lowest BCUT2D eigenvalue weighted by atomic mass is 9.94. The summed E-state index contributed by atoms with van der Waals surface area (Å²) < 4.78 is 23.8. The van der Waals surface area contributed by atoms with Crippen molar-refractivity contribution in [2.75, 3.05) is 0 Å². The number of carbonyl (C=O) groups is 2. The molecule has 3 N–H and O–H groups in total. The molecular formula is C14H13N3O5S. The summed E-state index contributed by atoms with van der Waals surface area (Å²) in [5.74, 6) is -1.38. The highest BCUT2D eigenvalue weighted by molar-refractivity contribution is 7.89. The highest BCUT2D eigenvalue weighted by Gasteiger charge is 2.30. The Balaban J connectivity index is 2.17. The van der Waals surface area contributed by atoms with Crippen LogP contribution in [0.15, 0.2) is 29.2 Å². The van der Waals surface area contributed by atoms with Crippen LogP contribution in [0.1, 0.15) is 39.4 Å². The van der Waals surface area contributed by atoms with Gasteiger partial charge in [0, 0.05) is 12.0 Å². The maximum Gasteiger partial charge on any atom is 0.356 e. The van der Waals surface area contributed by atoms with Crippen LogP contribution in [0, 0.1) is 0 Å². The number of aromatic nitrogens is 2. The standard InChI is InChI=1S/C14H13N3O5S/c15-23(21,22)9-6-4-8(5-7-9)17-13-10(2-1-3-11(13)18)12(16-17)14(19)20/h4-7H,1-3H2,(H,19,20)(H2,15,21,22). The molecule has 9 heteroatoms. The zero-order valence-electron chi connectivity index (χ0n) is 11.9. The molecular weight excluding hydrogens is 322 g/mol.